The van der Waals surface area contributed by atoms with E-state index in [1.807, 2.05) is 6.07 Å². The smallest absolute Gasteiger partial charge is 0.341 e. The number of fused-ring (bicyclic) bond motifs is 1. The van der Waals surface area contributed by atoms with Gasteiger partial charge in [-0.3, -0.25) is 0 Å². The fourth-order valence-electron chi connectivity index (χ4n) is 4.20. The average molecular weight is 516 g/mol. The van der Waals surface area contributed by atoms with Gasteiger partial charge in [0.25, 0.3) is 0 Å². The second kappa shape index (κ2) is 9.80. The van der Waals surface area contributed by atoms with Crippen molar-refractivity contribution in [3.8, 4) is 16.9 Å². The van der Waals surface area contributed by atoms with Crippen LogP contribution < -0.4 is 9.46 Å². The molecule has 3 aromatic rings. The Hall–Kier alpha value is -3.21. The van der Waals surface area contributed by atoms with E-state index in [-0.39, 0.29) is 9.79 Å². The maximum Gasteiger partial charge on any atom is 0.341 e. The Morgan fingerprint density at radius 3 is 2.37 bits per heavy atom. The van der Waals surface area contributed by atoms with Crippen molar-refractivity contribution in [1.82, 2.24) is 4.72 Å². The molecule has 0 saturated carbocycles. The van der Waals surface area contributed by atoms with Crippen molar-refractivity contribution in [2.45, 2.75) is 35.1 Å². The van der Waals surface area contributed by atoms with Gasteiger partial charge in [0.05, 0.1) is 9.79 Å². The summed E-state index contributed by atoms with van der Waals surface area (Å²) in [6.45, 7) is -0.466. The molecule has 0 amide bonds. The Labute approximate surface area is 204 Å². The van der Waals surface area contributed by atoms with Crippen LogP contribution in [-0.2, 0) is 31.1 Å². The van der Waals surface area contributed by atoms with Gasteiger partial charge < -0.3 is 9.84 Å². The SMILES string of the molecule is CS(=O)(=O)c1cccc(-c2ccc(S(=O)(=O)N[C@@H]3CCCc4c(OCC(=O)O)cccc43)cc2)c1. The molecule has 0 fully saturated rings. The molecular formula is C25H25NO7S2. The fourth-order valence-corrected chi connectivity index (χ4v) is 6.12. The van der Waals surface area contributed by atoms with Crippen molar-refractivity contribution in [2.24, 2.45) is 0 Å². The Morgan fingerprint density at radius 1 is 0.971 bits per heavy atom. The molecule has 0 aliphatic heterocycles. The average Bonchev–Trinajstić information content (AvgIpc) is 2.82. The van der Waals surface area contributed by atoms with Gasteiger partial charge in [0.15, 0.2) is 16.4 Å². The molecule has 184 valence electrons. The highest BCUT2D eigenvalue weighted by Crippen LogP contribution is 2.36. The first-order valence-corrected chi connectivity index (χ1v) is 14.3. The molecule has 2 N–H and O–H groups in total. The lowest BCUT2D eigenvalue weighted by molar-refractivity contribution is -0.139. The number of sulfone groups is 1. The van der Waals surface area contributed by atoms with Crippen molar-refractivity contribution in [3.63, 3.8) is 0 Å². The molecule has 10 heteroatoms. The monoisotopic (exact) mass is 515 g/mol. The molecule has 3 aromatic carbocycles. The van der Waals surface area contributed by atoms with E-state index in [0.717, 1.165) is 23.8 Å². The molecule has 0 saturated heterocycles. The van der Waals surface area contributed by atoms with Gasteiger partial charge in [0.1, 0.15) is 5.75 Å². The standard InChI is InChI=1S/C25H25NO7S2/c1-34(29,30)20-6-2-5-18(15-20)17-11-13-19(14-12-17)35(31,32)26-23-9-3-8-22-21(23)7-4-10-24(22)33-16-25(27)28/h2,4-7,10-15,23,26H,3,8-9,16H2,1H3,(H,27,28)/t23-/m1/s1. The van der Waals surface area contributed by atoms with Crippen molar-refractivity contribution >= 4 is 25.8 Å². The first kappa shape index (κ1) is 24.9. The number of carbonyl (C=O) groups is 1. The summed E-state index contributed by atoms with van der Waals surface area (Å²) in [6.07, 6.45) is 3.14. The molecule has 35 heavy (non-hydrogen) atoms. The molecule has 4 rings (SSSR count). The Bertz CT molecular complexity index is 1460. The number of rotatable bonds is 8. The molecule has 0 unspecified atom stereocenters. The highest BCUT2D eigenvalue weighted by molar-refractivity contribution is 7.90. The van der Waals surface area contributed by atoms with E-state index in [4.69, 9.17) is 9.84 Å². The van der Waals surface area contributed by atoms with Crippen LogP contribution in [0.5, 0.6) is 5.75 Å². The molecule has 8 nitrogen and oxygen atoms in total. The molecule has 0 radical (unpaired) electrons. The van der Waals surface area contributed by atoms with Crippen LogP contribution in [0.4, 0.5) is 0 Å². The van der Waals surface area contributed by atoms with Crippen molar-refractivity contribution < 1.29 is 31.5 Å². The van der Waals surface area contributed by atoms with Gasteiger partial charge in [-0.15, -0.1) is 0 Å². The van der Waals surface area contributed by atoms with Crippen LogP contribution in [0.3, 0.4) is 0 Å². The number of hydrogen-bond acceptors (Lipinski definition) is 6. The number of aliphatic carboxylic acids is 1. The first-order chi connectivity index (χ1) is 16.5. The fraction of sp³-hybridized carbons (Fsp3) is 0.240. The third-order valence-corrected chi connectivity index (χ3v) is 8.47. The zero-order valence-corrected chi connectivity index (χ0v) is 20.6. The van der Waals surface area contributed by atoms with E-state index in [1.165, 1.54) is 18.2 Å². The molecular weight excluding hydrogens is 490 g/mol. The zero-order chi connectivity index (χ0) is 25.2. The summed E-state index contributed by atoms with van der Waals surface area (Å²) >= 11 is 0. The Balaban J connectivity index is 1.56. The minimum absolute atomic E-state index is 0.0888. The quantitative estimate of drug-likeness (QED) is 0.469. The highest BCUT2D eigenvalue weighted by Gasteiger charge is 2.27. The summed E-state index contributed by atoms with van der Waals surface area (Å²) in [7, 11) is -7.21. The number of nitrogens with one attached hydrogen (secondary N) is 1. The predicted octanol–water partition coefficient (Wildman–Crippen LogP) is 3.58. The number of sulfonamides is 1. The molecule has 1 aliphatic carbocycles. The van der Waals surface area contributed by atoms with Crippen LogP contribution in [0, 0.1) is 0 Å². The maximum atomic E-state index is 13.1. The van der Waals surface area contributed by atoms with Crippen molar-refractivity contribution in [3.05, 3.63) is 77.9 Å². The third kappa shape index (κ3) is 5.72. The van der Waals surface area contributed by atoms with Gasteiger partial charge >= 0.3 is 5.97 Å². The Kier molecular flexibility index (Phi) is 6.98. The lowest BCUT2D eigenvalue weighted by Crippen LogP contribution is -2.31. The number of hydrogen-bond donors (Lipinski definition) is 2. The second-order valence-electron chi connectivity index (χ2n) is 8.40. The van der Waals surface area contributed by atoms with E-state index in [2.05, 4.69) is 4.72 Å². The van der Waals surface area contributed by atoms with E-state index in [1.54, 1.807) is 42.5 Å². The van der Waals surface area contributed by atoms with Gasteiger partial charge in [-0.05, 0) is 71.8 Å². The van der Waals surface area contributed by atoms with Crippen LogP contribution in [-0.4, -0.2) is 40.8 Å². The van der Waals surface area contributed by atoms with E-state index >= 15 is 0 Å². The largest absolute Gasteiger partial charge is 0.482 e. The third-order valence-electron chi connectivity index (χ3n) is 5.87. The predicted molar refractivity (Wildman–Crippen MR) is 131 cm³/mol. The summed E-state index contributed by atoms with van der Waals surface area (Å²) < 4.78 is 58.1. The van der Waals surface area contributed by atoms with Gasteiger partial charge in [-0.1, -0.05) is 36.4 Å². The van der Waals surface area contributed by atoms with Crippen LogP contribution in [0.15, 0.2) is 76.5 Å². The first-order valence-electron chi connectivity index (χ1n) is 10.9. The number of carboxylic acids is 1. The number of benzene rings is 3. The van der Waals surface area contributed by atoms with E-state index in [9.17, 15) is 21.6 Å². The van der Waals surface area contributed by atoms with E-state index < -0.39 is 38.5 Å². The van der Waals surface area contributed by atoms with Gasteiger partial charge in [0.2, 0.25) is 10.0 Å². The molecule has 0 spiro atoms. The lowest BCUT2D eigenvalue weighted by atomic mass is 9.87. The van der Waals surface area contributed by atoms with Crippen molar-refractivity contribution in [1.29, 1.82) is 0 Å². The highest BCUT2D eigenvalue weighted by atomic mass is 32.2. The Morgan fingerprint density at radius 2 is 1.69 bits per heavy atom. The topological polar surface area (TPSA) is 127 Å². The van der Waals surface area contributed by atoms with E-state index in [0.29, 0.717) is 29.7 Å². The number of ether oxygens (including phenoxy) is 1. The molecule has 1 aliphatic rings. The summed E-state index contributed by atoms with van der Waals surface area (Å²) in [6, 6.07) is 17.5. The van der Waals surface area contributed by atoms with Crippen LogP contribution in [0.25, 0.3) is 11.1 Å². The summed E-state index contributed by atoms with van der Waals surface area (Å²) in [5.74, 6) is -0.628. The zero-order valence-electron chi connectivity index (χ0n) is 19.0. The van der Waals surface area contributed by atoms with Crippen LogP contribution in [0.1, 0.15) is 30.0 Å². The summed E-state index contributed by atoms with van der Waals surface area (Å²) in [5, 5.41) is 8.91. The summed E-state index contributed by atoms with van der Waals surface area (Å²) in [4.78, 5) is 11.2. The second-order valence-corrected chi connectivity index (χ2v) is 12.1. The summed E-state index contributed by atoms with van der Waals surface area (Å²) in [5.41, 5.74) is 2.95. The van der Waals surface area contributed by atoms with Gasteiger partial charge in [0, 0.05) is 12.3 Å². The normalized spacial score (nSPS) is 15.9. The lowest BCUT2D eigenvalue weighted by Gasteiger charge is -2.27. The molecule has 0 bridgehead atoms. The van der Waals surface area contributed by atoms with Crippen molar-refractivity contribution in [2.75, 3.05) is 12.9 Å². The van der Waals surface area contributed by atoms with Gasteiger partial charge in [-0.2, -0.15) is 0 Å². The molecule has 0 heterocycles. The maximum absolute atomic E-state index is 13.1. The van der Waals surface area contributed by atoms with Crippen LogP contribution >= 0.6 is 0 Å². The minimum atomic E-state index is -3.85. The molecule has 0 aromatic heterocycles. The number of carboxylic acid groups (broad SMARTS) is 1. The van der Waals surface area contributed by atoms with Crippen LogP contribution in [0.2, 0.25) is 0 Å². The molecule has 1 atom stereocenters. The van der Waals surface area contributed by atoms with Gasteiger partial charge in [-0.25, -0.2) is 26.4 Å². The minimum Gasteiger partial charge on any atom is -0.482 e.